The van der Waals surface area contributed by atoms with Gasteiger partial charge >= 0.3 is 5.97 Å². The molecule has 1 atom stereocenters. The van der Waals surface area contributed by atoms with Crippen molar-refractivity contribution in [2.24, 2.45) is 5.92 Å². The lowest BCUT2D eigenvalue weighted by molar-refractivity contribution is -0.144. The zero-order valence-electron chi connectivity index (χ0n) is 12.1. The van der Waals surface area contributed by atoms with Crippen molar-refractivity contribution in [2.45, 2.75) is 32.6 Å². The van der Waals surface area contributed by atoms with Gasteiger partial charge in [0.2, 0.25) is 5.91 Å². The minimum atomic E-state index is -3.59. The Hall–Kier alpha value is -1.11. The minimum Gasteiger partial charge on any atom is -0.469 e. The van der Waals surface area contributed by atoms with Crippen molar-refractivity contribution in [3.63, 3.8) is 0 Å². The van der Waals surface area contributed by atoms with E-state index in [0.29, 0.717) is 13.1 Å². The van der Waals surface area contributed by atoms with Crippen molar-refractivity contribution in [3.8, 4) is 0 Å². The highest BCUT2D eigenvalue weighted by Gasteiger charge is 2.27. The molecule has 0 aromatic carbocycles. The van der Waals surface area contributed by atoms with E-state index < -0.39 is 27.5 Å². The molecule has 6 nitrogen and oxygen atoms in total. The lowest BCUT2D eigenvalue weighted by Gasteiger charge is -2.20. The van der Waals surface area contributed by atoms with Gasteiger partial charge in [0, 0.05) is 13.1 Å². The fourth-order valence-corrected chi connectivity index (χ4v) is 3.88. The molecule has 0 radical (unpaired) electrons. The summed E-state index contributed by atoms with van der Waals surface area (Å²) in [7, 11) is -2.37. The smallest absolute Gasteiger partial charge is 0.309 e. The first-order valence-corrected chi connectivity index (χ1v) is 8.74. The molecule has 0 N–H and O–H groups in total. The number of sulfone groups is 1. The molecule has 0 spiro atoms. The summed E-state index contributed by atoms with van der Waals surface area (Å²) in [5.74, 6) is -2.55. The topological polar surface area (TPSA) is 80.8 Å². The van der Waals surface area contributed by atoms with Gasteiger partial charge in [-0.3, -0.25) is 9.59 Å². The van der Waals surface area contributed by atoms with Crippen LogP contribution in [0.2, 0.25) is 0 Å². The first kappa shape index (κ1) is 16.9. The molecule has 7 heteroatoms. The number of rotatable bonds is 5. The highest BCUT2D eigenvalue weighted by Crippen LogP contribution is 2.11. The predicted molar refractivity (Wildman–Crippen MR) is 74.9 cm³/mol. The summed E-state index contributed by atoms with van der Waals surface area (Å²) < 4.78 is 28.4. The summed E-state index contributed by atoms with van der Waals surface area (Å²) in [5, 5.41) is 0. The van der Waals surface area contributed by atoms with Crippen molar-refractivity contribution in [2.75, 3.05) is 31.7 Å². The van der Waals surface area contributed by atoms with Gasteiger partial charge in [0.05, 0.1) is 18.8 Å². The van der Waals surface area contributed by atoms with Gasteiger partial charge in [0.1, 0.15) is 5.75 Å². The Morgan fingerprint density at radius 1 is 1.15 bits per heavy atom. The molecule has 1 rings (SSSR count). The van der Waals surface area contributed by atoms with Crippen molar-refractivity contribution in [3.05, 3.63) is 0 Å². The van der Waals surface area contributed by atoms with Crippen LogP contribution in [0.25, 0.3) is 0 Å². The molecule has 0 aliphatic carbocycles. The van der Waals surface area contributed by atoms with E-state index in [-0.39, 0.29) is 11.7 Å². The Morgan fingerprint density at radius 2 is 1.70 bits per heavy atom. The van der Waals surface area contributed by atoms with Crippen LogP contribution >= 0.6 is 0 Å². The van der Waals surface area contributed by atoms with E-state index in [0.717, 1.165) is 25.7 Å². The van der Waals surface area contributed by atoms with Crippen molar-refractivity contribution in [1.82, 2.24) is 4.90 Å². The molecule has 1 aliphatic heterocycles. The molecular formula is C13H23NO5S. The van der Waals surface area contributed by atoms with Crippen LogP contribution in [0, 0.1) is 5.92 Å². The summed E-state index contributed by atoms with van der Waals surface area (Å²) in [5.41, 5.74) is 0. The highest BCUT2D eigenvalue weighted by atomic mass is 32.2. The number of nitrogens with zero attached hydrogens (tertiary/aromatic N) is 1. The summed E-state index contributed by atoms with van der Waals surface area (Å²) >= 11 is 0. The number of esters is 1. The number of ether oxygens (including phenoxy) is 1. The van der Waals surface area contributed by atoms with Crippen molar-refractivity contribution >= 4 is 21.7 Å². The second-order valence-electron chi connectivity index (χ2n) is 5.27. The first-order valence-electron chi connectivity index (χ1n) is 6.92. The third-order valence-corrected chi connectivity index (χ3v) is 5.10. The van der Waals surface area contributed by atoms with Gasteiger partial charge in [-0.25, -0.2) is 8.42 Å². The molecule has 1 saturated heterocycles. The summed E-state index contributed by atoms with van der Waals surface area (Å²) in [6.45, 7) is 2.74. The zero-order chi connectivity index (χ0) is 15.2. The standard InChI is InChI=1S/C13H23NO5S/c1-11(13(16)19-2)9-20(17,18)10-12(15)14-7-5-3-4-6-8-14/h11H,3-10H2,1-2H3. The zero-order valence-corrected chi connectivity index (χ0v) is 12.9. The maximum absolute atomic E-state index is 12.0. The SMILES string of the molecule is COC(=O)C(C)CS(=O)(=O)CC(=O)N1CCCCCC1. The van der Waals surface area contributed by atoms with Crippen LogP contribution in [0.3, 0.4) is 0 Å². The van der Waals surface area contributed by atoms with E-state index >= 15 is 0 Å². The van der Waals surface area contributed by atoms with Gasteiger partial charge in [-0.15, -0.1) is 0 Å². The number of methoxy groups -OCH3 is 1. The molecule has 116 valence electrons. The molecule has 0 aromatic rings. The lowest BCUT2D eigenvalue weighted by atomic mass is 10.2. The molecule has 1 amide bonds. The average molecular weight is 305 g/mol. The molecular weight excluding hydrogens is 282 g/mol. The van der Waals surface area contributed by atoms with Crippen molar-refractivity contribution in [1.29, 1.82) is 0 Å². The predicted octanol–water partition coefficient (Wildman–Crippen LogP) is 0.613. The molecule has 20 heavy (non-hydrogen) atoms. The lowest BCUT2D eigenvalue weighted by Crippen LogP contribution is -2.38. The van der Waals surface area contributed by atoms with E-state index in [4.69, 9.17) is 0 Å². The van der Waals surface area contributed by atoms with Crippen LogP contribution in [-0.2, 0) is 24.2 Å². The Balaban J connectivity index is 2.56. The van der Waals surface area contributed by atoms with Gasteiger partial charge < -0.3 is 9.64 Å². The minimum absolute atomic E-state index is 0.348. The summed E-state index contributed by atoms with van der Waals surface area (Å²) in [4.78, 5) is 24.9. The van der Waals surface area contributed by atoms with Crippen LogP contribution in [0.4, 0.5) is 0 Å². The maximum Gasteiger partial charge on any atom is 0.309 e. The third-order valence-electron chi connectivity index (χ3n) is 3.41. The number of hydrogen-bond donors (Lipinski definition) is 0. The molecule has 0 saturated carbocycles. The number of amides is 1. The Morgan fingerprint density at radius 3 is 2.20 bits per heavy atom. The average Bonchev–Trinajstić information content (AvgIpc) is 2.65. The maximum atomic E-state index is 12.0. The van der Waals surface area contributed by atoms with Crippen LogP contribution in [-0.4, -0.2) is 56.9 Å². The molecule has 0 aromatic heterocycles. The van der Waals surface area contributed by atoms with Gasteiger partial charge in [0.25, 0.3) is 0 Å². The van der Waals surface area contributed by atoms with Gasteiger partial charge in [-0.1, -0.05) is 19.8 Å². The molecule has 1 fully saturated rings. The second-order valence-corrected chi connectivity index (χ2v) is 7.38. The number of carbonyl (C=O) groups is 2. The van der Waals surface area contributed by atoms with E-state index in [2.05, 4.69) is 4.74 Å². The molecule has 1 heterocycles. The largest absolute Gasteiger partial charge is 0.469 e. The van der Waals surface area contributed by atoms with Crippen LogP contribution < -0.4 is 0 Å². The molecule has 0 bridgehead atoms. The summed E-state index contributed by atoms with van der Waals surface area (Å²) in [6.07, 6.45) is 4.00. The Kier molecular flexibility index (Phi) is 6.45. The number of likely N-dealkylation sites (tertiary alicyclic amines) is 1. The highest BCUT2D eigenvalue weighted by molar-refractivity contribution is 7.92. The van der Waals surface area contributed by atoms with Crippen molar-refractivity contribution < 1.29 is 22.7 Å². The summed E-state index contributed by atoms with van der Waals surface area (Å²) in [6, 6.07) is 0. The van der Waals surface area contributed by atoms with Crippen LogP contribution in [0.5, 0.6) is 0 Å². The fraction of sp³-hybridized carbons (Fsp3) is 0.846. The number of carbonyl (C=O) groups excluding carboxylic acids is 2. The van der Waals surface area contributed by atoms with Crippen LogP contribution in [0.15, 0.2) is 0 Å². The van der Waals surface area contributed by atoms with E-state index in [1.54, 1.807) is 4.90 Å². The first-order chi connectivity index (χ1) is 9.35. The fourth-order valence-electron chi connectivity index (χ4n) is 2.31. The Labute approximate surface area is 120 Å². The van der Waals surface area contributed by atoms with E-state index in [1.807, 2.05) is 0 Å². The molecule has 1 aliphatic rings. The normalized spacial score (nSPS) is 18.2. The monoisotopic (exact) mass is 305 g/mol. The second kappa shape index (κ2) is 7.61. The Bertz CT molecular complexity index is 438. The van der Waals surface area contributed by atoms with E-state index in [1.165, 1.54) is 14.0 Å². The van der Waals surface area contributed by atoms with Gasteiger partial charge in [-0.2, -0.15) is 0 Å². The molecule has 1 unspecified atom stereocenters. The van der Waals surface area contributed by atoms with Gasteiger partial charge in [0.15, 0.2) is 9.84 Å². The van der Waals surface area contributed by atoms with Crippen LogP contribution in [0.1, 0.15) is 32.6 Å². The third kappa shape index (κ3) is 5.48. The number of hydrogen-bond acceptors (Lipinski definition) is 5. The van der Waals surface area contributed by atoms with Gasteiger partial charge in [-0.05, 0) is 12.8 Å². The quantitative estimate of drug-likeness (QED) is 0.695. The van der Waals surface area contributed by atoms with E-state index in [9.17, 15) is 18.0 Å².